The molecule has 1 aromatic rings. The third kappa shape index (κ3) is 5.47. The predicted octanol–water partition coefficient (Wildman–Crippen LogP) is 1.40. The lowest BCUT2D eigenvalue weighted by Crippen LogP contribution is -2.44. The molecule has 0 bridgehead atoms. The quantitative estimate of drug-likeness (QED) is 0.777. The van der Waals surface area contributed by atoms with Gasteiger partial charge in [0.2, 0.25) is 0 Å². The Hall–Kier alpha value is -1.39. The first-order valence-electron chi connectivity index (χ1n) is 5.66. The molecule has 0 spiro atoms. The molecule has 0 heterocycles. The van der Waals surface area contributed by atoms with Gasteiger partial charge in [0.15, 0.2) is 0 Å². The van der Waals surface area contributed by atoms with E-state index in [1.807, 2.05) is 51.1 Å². The van der Waals surface area contributed by atoms with Crippen LogP contribution in [0.25, 0.3) is 0 Å². The number of hydroxylamine groups is 1. The molecule has 94 valence electrons. The number of hydrogen-bond acceptors (Lipinski definition) is 3. The van der Waals surface area contributed by atoms with Gasteiger partial charge in [-0.05, 0) is 32.8 Å². The molecule has 0 aromatic heterocycles. The Balaban J connectivity index is 2.43. The maximum absolute atomic E-state index is 11.6. The Morgan fingerprint density at radius 3 is 2.47 bits per heavy atom. The van der Waals surface area contributed by atoms with Gasteiger partial charge < -0.3 is 5.73 Å². The first kappa shape index (κ1) is 13.7. The summed E-state index contributed by atoms with van der Waals surface area (Å²) in [6.07, 6.45) is 0.500. The van der Waals surface area contributed by atoms with E-state index in [-0.39, 0.29) is 5.91 Å². The second-order valence-corrected chi connectivity index (χ2v) is 4.98. The highest BCUT2D eigenvalue weighted by molar-refractivity contribution is 5.80. The third-order valence-electron chi connectivity index (χ3n) is 2.09. The molecule has 1 aromatic carbocycles. The van der Waals surface area contributed by atoms with Gasteiger partial charge in [-0.2, -0.15) is 0 Å². The highest BCUT2D eigenvalue weighted by Gasteiger charge is 2.17. The first-order chi connectivity index (χ1) is 7.88. The van der Waals surface area contributed by atoms with Crippen LogP contribution >= 0.6 is 0 Å². The van der Waals surface area contributed by atoms with Crippen molar-refractivity contribution in [3.63, 3.8) is 0 Å². The van der Waals surface area contributed by atoms with Crippen LogP contribution in [0.2, 0.25) is 0 Å². The second kappa shape index (κ2) is 5.80. The SMILES string of the molecule is CC(C)(C)ONC(=O)[C@H](N)Cc1ccccc1. The maximum Gasteiger partial charge on any atom is 0.260 e. The van der Waals surface area contributed by atoms with E-state index >= 15 is 0 Å². The molecule has 4 heteroatoms. The van der Waals surface area contributed by atoms with E-state index in [9.17, 15) is 4.79 Å². The Labute approximate surface area is 102 Å². The summed E-state index contributed by atoms with van der Waals surface area (Å²) in [7, 11) is 0. The number of amides is 1. The van der Waals surface area contributed by atoms with Crippen LogP contribution in [0.5, 0.6) is 0 Å². The van der Waals surface area contributed by atoms with Crippen molar-refractivity contribution in [2.45, 2.75) is 38.8 Å². The fourth-order valence-corrected chi connectivity index (χ4v) is 1.24. The zero-order valence-electron chi connectivity index (χ0n) is 10.6. The lowest BCUT2D eigenvalue weighted by molar-refractivity contribution is -0.146. The van der Waals surface area contributed by atoms with Crippen LogP contribution in [-0.4, -0.2) is 17.6 Å². The summed E-state index contributed by atoms with van der Waals surface area (Å²) in [5.41, 5.74) is 8.78. The zero-order chi connectivity index (χ0) is 12.9. The van der Waals surface area contributed by atoms with Crippen LogP contribution in [-0.2, 0) is 16.1 Å². The lowest BCUT2D eigenvalue weighted by atomic mass is 10.1. The van der Waals surface area contributed by atoms with Crippen molar-refractivity contribution in [2.24, 2.45) is 5.73 Å². The molecule has 0 unspecified atom stereocenters. The third-order valence-corrected chi connectivity index (χ3v) is 2.09. The van der Waals surface area contributed by atoms with Crippen molar-refractivity contribution < 1.29 is 9.63 Å². The average Bonchev–Trinajstić information content (AvgIpc) is 2.26. The highest BCUT2D eigenvalue weighted by atomic mass is 16.7. The summed E-state index contributed by atoms with van der Waals surface area (Å²) < 4.78 is 0. The van der Waals surface area contributed by atoms with Gasteiger partial charge >= 0.3 is 0 Å². The molecule has 0 saturated carbocycles. The number of nitrogens with one attached hydrogen (secondary N) is 1. The monoisotopic (exact) mass is 236 g/mol. The summed E-state index contributed by atoms with van der Waals surface area (Å²) >= 11 is 0. The van der Waals surface area contributed by atoms with Crippen molar-refractivity contribution in [2.75, 3.05) is 0 Å². The van der Waals surface area contributed by atoms with Crippen LogP contribution in [0.3, 0.4) is 0 Å². The van der Waals surface area contributed by atoms with Crippen molar-refractivity contribution in [1.29, 1.82) is 0 Å². The van der Waals surface area contributed by atoms with Crippen molar-refractivity contribution in [3.8, 4) is 0 Å². The summed E-state index contributed by atoms with van der Waals surface area (Å²) in [6.45, 7) is 5.57. The fourth-order valence-electron chi connectivity index (χ4n) is 1.24. The molecule has 17 heavy (non-hydrogen) atoms. The van der Waals surface area contributed by atoms with E-state index in [4.69, 9.17) is 10.6 Å². The second-order valence-electron chi connectivity index (χ2n) is 4.98. The minimum atomic E-state index is -0.597. The van der Waals surface area contributed by atoms with E-state index in [2.05, 4.69) is 5.48 Å². The van der Waals surface area contributed by atoms with E-state index in [0.717, 1.165) is 5.56 Å². The first-order valence-corrected chi connectivity index (χ1v) is 5.66. The van der Waals surface area contributed by atoms with Gasteiger partial charge in [-0.3, -0.25) is 9.63 Å². The minimum Gasteiger partial charge on any atom is -0.320 e. The van der Waals surface area contributed by atoms with E-state index < -0.39 is 11.6 Å². The molecule has 0 saturated heterocycles. The molecule has 0 aliphatic carbocycles. The van der Waals surface area contributed by atoms with Gasteiger partial charge in [0.1, 0.15) is 0 Å². The molecule has 1 rings (SSSR count). The van der Waals surface area contributed by atoms with Gasteiger partial charge in [-0.15, -0.1) is 0 Å². The number of rotatable bonds is 4. The van der Waals surface area contributed by atoms with Crippen molar-refractivity contribution >= 4 is 5.91 Å². The molecular weight excluding hydrogens is 216 g/mol. The molecule has 0 aliphatic rings. The summed E-state index contributed by atoms with van der Waals surface area (Å²) in [6, 6.07) is 9.06. The smallest absolute Gasteiger partial charge is 0.260 e. The summed E-state index contributed by atoms with van der Waals surface area (Å²) in [5, 5.41) is 0. The van der Waals surface area contributed by atoms with E-state index in [1.54, 1.807) is 0 Å². The van der Waals surface area contributed by atoms with E-state index in [0.29, 0.717) is 6.42 Å². The van der Waals surface area contributed by atoms with Crippen LogP contribution in [0.15, 0.2) is 30.3 Å². The Morgan fingerprint density at radius 1 is 1.35 bits per heavy atom. The fraction of sp³-hybridized carbons (Fsp3) is 0.462. The average molecular weight is 236 g/mol. The van der Waals surface area contributed by atoms with Crippen molar-refractivity contribution in [3.05, 3.63) is 35.9 Å². The summed E-state index contributed by atoms with van der Waals surface area (Å²) in [4.78, 5) is 16.8. The molecular formula is C13H20N2O2. The largest absolute Gasteiger partial charge is 0.320 e. The zero-order valence-corrected chi connectivity index (χ0v) is 10.6. The van der Waals surface area contributed by atoms with Crippen LogP contribution in [0.4, 0.5) is 0 Å². The highest BCUT2D eigenvalue weighted by Crippen LogP contribution is 2.05. The van der Waals surface area contributed by atoms with Crippen LogP contribution in [0.1, 0.15) is 26.3 Å². The number of nitrogens with two attached hydrogens (primary N) is 1. The van der Waals surface area contributed by atoms with E-state index in [1.165, 1.54) is 0 Å². The van der Waals surface area contributed by atoms with Crippen molar-refractivity contribution in [1.82, 2.24) is 5.48 Å². The number of hydrogen-bond donors (Lipinski definition) is 2. The molecule has 1 atom stereocenters. The molecule has 0 radical (unpaired) electrons. The van der Waals surface area contributed by atoms with Gasteiger partial charge in [0.25, 0.3) is 5.91 Å². The van der Waals surface area contributed by atoms with Gasteiger partial charge in [-0.25, -0.2) is 5.48 Å². The Bertz CT molecular complexity index is 357. The van der Waals surface area contributed by atoms with Crippen LogP contribution < -0.4 is 11.2 Å². The molecule has 3 N–H and O–H groups in total. The lowest BCUT2D eigenvalue weighted by Gasteiger charge is -2.20. The predicted molar refractivity (Wildman–Crippen MR) is 67.1 cm³/mol. The minimum absolute atomic E-state index is 0.302. The Morgan fingerprint density at radius 2 is 1.94 bits per heavy atom. The molecule has 0 aliphatic heterocycles. The Kier molecular flexibility index (Phi) is 4.66. The van der Waals surface area contributed by atoms with Gasteiger partial charge in [-0.1, -0.05) is 30.3 Å². The number of carbonyl (C=O) groups is 1. The van der Waals surface area contributed by atoms with Crippen LogP contribution in [0, 0.1) is 0 Å². The summed E-state index contributed by atoms with van der Waals surface area (Å²) in [5.74, 6) is -0.302. The van der Waals surface area contributed by atoms with Gasteiger partial charge in [0, 0.05) is 0 Å². The maximum atomic E-state index is 11.6. The standard InChI is InChI=1S/C13H20N2O2/c1-13(2,3)17-15-12(16)11(14)9-10-7-5-4-6-8-10/h4-8,11H,9,14H2,1-3H3,(H,15,16)/t11-/m1/s1. The van der Waals surface area contributed by atoms with Gasteiger partial charge in [0.05, 0.1) is 11.6 Å². The normalized spacial score (nSPS) is 13.2. The number of benzene rings is 1. The topological polar surface area (TPSA) is 64.3 Å². The molecule has 0 fully saturated rings. The molecule has 1 amide bonds. The number of carbonyl (C=O) groups excluding carboxylic acids is 1. The molecule has 4 nitrogen and oxygen atoms in total.